The number of aromatic nitrogens is 5. The molecule has 2 heterocycles. The van der Waals surface area contributed by atoms with Gasteiger partial charge in [0.05, 0.1) is 25.0 Å². The summed E-state index contributed by atoms with van der Waals surface area (Å²) in [6, 6.07) is 11.2. The number of carbonyl (C=O) groups excluding carboxylic acids is 2. The lowest BCUT2D eigenvalue weighted by atomic mass is 9.90. The van der Waals surface area contributed by atoms with Crippen molar-refractivity contribution in [3.05, 3.63) is 83.2 Å². The van der Waals surface area contributed by atoms with Crippen molar-refractivity contribution in [3.8, 4) is 23.5 Å². The third-order valence-electron chi connectivity index (χ3n) is 7.09. The van der Waals surface area contributed by atoms with Crippen molar-refractivity contribution in [2.45, 2.75) is 40.0 Å². The zero-order valence-corrected chi connectivity index (χ0v) is 30.1. The molecule has 2 aromatic carbocycles. The first-order valence-corrected chi connectivity index (χ1v) is 16.0. The maximum Gasteiger partial charge on any atom is 0.325 e. The normalized spacial score (nSPS) is 11.4. The van der Waals surface area contributed by atoms with Crippen molar-refractivity contribution in [1.82, 2.24) is 24.7 Å². The number of benzene rings is 2. The molecular formula is C35H42FN7O10. The van der Waals surface area contributed by atoms with Gasteiger partial charge in [-0.15, -0.1) is 9.78 Å². The fourth-order valence-corrected chi connectivity index (χ4v) is 4.64. The minimum absolute atomic E-state index is 0.0902. The van der Waals surface area contributed by atoms with E-state index in [4.69, 9.17) is 49.5 Å². The smallest absolute Gasteiger partial charge is 0.325 e. The Morgan fingerprint density at radius 3 is 2.26 bits per heavy atom. The van der Waals surface area contributed by atoms with Crippen LogP contribution < -0.4 is 19.9 Å². The van der Waals surface area contributed by atoms with E-state index in [0.717, 1.165) is 12.5 Å². The molecular weight excluding hydrogens is 697 g/mol. The Balaban J connectivity index is 0.00000180. The van der Waals surface area contributed by atoms with Gasteiger partial charge < -0.3 is 39.3 Å². The number of nitrogens with one attached hydrogen (secondary N) is 1. The van der Waals surface area contributed by atoms with Gasteiger partial charge in [0.25, 0.3) is 11.9 Å². The summed E-state index contributed by atoms with van der Waals surface area (Å²) in [5, 5.41) is 19.8. The third kappa shape index (κ3) is 12.2. The summed E-state index contributed by atoms with van der Waals surface area (Å²) < 4.78 is 49.9. The molecule has 4 rings (SSSR count). The number of amidine groups is 1. The molecule has 0 spiro atoms. The van der Waals surface area contributed by atoms with Crippen LogP contribution in [0.25, 0.3) is 5.95 Å². The minimum atomic E-state index is -0.940. The summed E-state index contributed by atoms with van der Waals surface area (Å²) in [4.78, 5) is 46.0. The van der Waals surface area contributed by atoms with Crippen molar-refractivity contribution in [3.63, 3.8) is 0 Å². The molecule has 0 aliphatic rings. The van der Waals surface area contributed by atoms with Crippen LogP contribution >= 0.6 is 0 Å². The molecule has 0 fully saturated rings. The van der Waals surface area contributed by atoms with Gasteiger partial charge in [-0.25, -0.2) is 14.4 Å². The van der Waals surface area contributed by atoms with Crippen LogP contribution in [-0.4, -0.2) is 94.4 Å². The average molecular weight is 740 g/mol. The van der Waals surface area contributed by atoms with Crippen molar-refractivity contribution >= 4 is 23.7 Å². The monoisotopic (exact) mass is 739 g/mol. The van der Waals surface area contributed by atoms with Crippen LogP contribution in [0.2, 0.25) is 0 Å². The molecule has 0 radical (unpaired) electrons. The van der Waals surface area contributed by atoms with Crippen LogP contribution in [0, 0.1) is 16.6 Å². The Morgan fingerprint density at radius 1 is 1.02 bits per heavy atom. The van der Waals surface area contributed by atoms with E-state index in [-0.39, 0.29) is 66.9 Å². The number of carbonyl (C=O) groups is 3. The van der Waals surface area contributed by atoms with Crippen LogP contribution in [0.5, 0.6) is 17.5 Å². The van der Waals surface area contributed by atoms with Crippen molar-refractivity contribution in [2.75, 3.05) is 40.8 Å². The van der Waals surface area contributed by atoms with Crippen LogP contribution in [0.15, 0.2) is 54.9 Å². The Bertz CT molecular complexity index is 1850. The number of carboxylic acids is 1. The summed E-state index contributed by atoms with van der Waals surface area (Å²) in [5.74, 6) is -3.29. The predicted molar refractivity (Wildman–Crippen MR) is 186 cm³/mol. The van der Waals surface area contributed by atoms with Crippen molar-refractivity contribution in [1.29, 1.82) is 5.41 Å². The van der Waals surface area contributed by atoms with Gasteiger partial charge in [0.15, 0.2) is 17.4 Å². The molecule has 4 aromatic rings. The maximum atomic E-state index is 16.4. The van der Waals surface area contributed by atoms with Gasteiger partial charge in [0.1, 0.15) is 24.8 Å². The number of rotatable bonds is 17. The summed E-state index contributed by atoms with van der Waals surface area (Å²) in [6.07, 6.45) is 3.15. The first-order chi connectivity index (χ1) is 25.2. The highest BCUT2D eigenvalue weighted by atomic mass is 19.1. The fourth-order valence-electron chi connectivity index (χ4n) is 4.64. The number of ether oxygens (including phenoxy) is 6. The average Bonchev–Trinajstić information content (AvgIpc) is 3.53. The molecule has 4 N–H and O–H groups in total. The number of aliphatic carboxylic acids is 1. The molecule has 0 bridgehead atoms. The second kappa shape index (κ2) is 19.4. The lowest BCUT2D eigenvalue weighted by molar-refractivity contribution is -0.163. The topological polar surface area (TPSA) is 233 Å². The molecule has 0 aliphatic heterocycles. The Labute approximate surface area is 304 Å². The lowest BCUT2D eigenvalue weighted by Gasteiger charge is -2.21. The molecule has 18 heteroatoms. The second-order valence-corrected chi connectivity index (χ2v) is 11.8. The second-order valence-electron chi connectivity index (χ2n) is 11.8. The molecule has 2 aromatic heterocycles. The standard InChI is InChI=1S/C33H38FN7O8.C2H4O2/c1-20(42)46-13-14-47-26-17-23(45-5)16-24(27(26)34)25(15-21-7-9-22(10-8-21)28(35)36)29-39-32(41(40-29)31-37-11-6-12-38-31)49-19-48-30(43)33(2,3)18-44-4;1-2(3)4/h6-12,16-17,25H,13-15,18-19H2,1-5H3,(H3,35,36);1H3,(H,3,4). The highest BCUT2D eigenvalue weighted by Gasteiger charge is 2.31. The molecule has 17 nitrogen and oxygen atoms in total. The number of nitrogens with two attached hydrogens (primary N) is 1. The van der Waals surface area contributed by atoms with E-state index < -0.39 is 41.9 Å². The largest absolute Gasteiger partial charge is 0.497 e. The maximum absolute atomic E-state index is 16.4. The zero-order chi connectivity index (χ0) is 39.1. The molecule has 0 amide bonds. The van der Waals surface area contributed by atoms with E-state index in [2.05, 4.69) is 20.1 Å². The van der Waals surface area contributed by atoms with Crippen molar-refractivity contribution in [2.24, 2.45) is 11.1 Å². The summed E-state index contributed by atoms with van der Waals surface area (Å²) in [6.45, 7) is 5.07. The van der Waals surface area contributed by atoms with Gasteiger partial charge in [-0.05, 0) is 38.0 Å². The number of hydrogen-bond donors (Lipinski definition) is 3. The van der Waals surface area contributed by atoms with Gasteiger partial charge in [0.2, 0.25) is 6.79 Å². The number of nitrogen functional groups attached to an aromatic ring is 1. The SMILES string of the molecule is CC(=O)O.COCC(C)(C)C(=O)OCOc1nc(C(Cc2ccc(C(=N)N)cc2)c2cc(OC)cc(OCCOC(C)=O)c2F)nn1-c1ncccn1. The molecule has 53 heavy (non-hydrogen) atoms. The van der Waals surface area contributed by atoms with E-state index in [9.17, 15) is 9.59 Å². The van der Waals surface area contributed by atoms with Gasteiger partial charge in [-0.2, -0.15) is 4.98 Å². The number of halogens is 1. The van der Waals surface area contributed by atoms with E-state index in [1.807, 2.05) is 0 Å². The zero-order valence-electron chi connectivity index (χ0n) is 30.1. The van der Waals surface area contributed by atoms with Gasteiger partial charge in [-0.1, -0.05) is 24.3 Å². The molecule has 0 saturated heterocycles. The van der Waals surface area contributed by atoms with Crippen LogP contribution in [0.1, 0.15) is 56.1 Å². The van der Waals surface area contributed by atoms with Gasteiger partial charge in [0, 0.05) is 50.5 Å². The van der Waals surface area contributed by atoms with Crippen LogP contribution in [0.4, 0.5) is 4.39 Å². The van der Waals surface area contributed by atoms with Gasteiger partial charge in [-0.3, -0.25) is 19.8 Å². The lowest BCUT2D eigenvalue weighted by Crippen LogP contribution is -2.32. The van der Waals surface area contributed by atoms with E-state index in [1.54, 1.807) is 44.2 Å². The quantitative estimate of drug-likeness (QED) is 0.0463. The first-order valence-electron chi connectivity index (χ1n) is 16.0. The molecule has 0 saturated carbocycles. The highest BCUT2D eigenvalue weighted by Crippen LogP contribution is 2.37. The molecule has 1 atom stereocenters. The fraction of sp³-hybridized carbons (Fsp3) is 0.371. The van der Waals surface area contributed by atoms with Crippen molar-refractivity contribution < 1.29 is 52.3 Å². The minimum Gasteiger partial charge on any atom is -0.497 e. The van der Waals surface area contributed by atoms with E-state index in [0.29, 0.717) is 5.56 Å². The molecule has 1 unspecified atom stereocenters. The number of esters is 2. The van der Waals surface area contributed by atoms with Crippen LogP contribution in [0.3, 0.4) is 0 Å². The summed E-state index contributed by atoms with van der Waals surface area (Å²) in [5.41, 5.74) is 6.07. The molecule has 284 valence electrons. The predicted octanol–water partition coefficient (Wildman–Crippen LogP) is 3.45. The highest BCUT2D eigenvalue weighted by molar-refractivity contribution is 5.94. The number of hydrogen-bond acceptors (Lipinski definition) is 14. The Kier molecular flexibility index (Phi) is 15.1. The molecule has 0 aliphatic carbocycles. The Hall–Kier alpha value is -6.17. The third-order valence-corrected chi connectivity index (χ3v) is 7.09. The number of carboxylic acid groups (broad SMARTS) is 1. The van der Waals surface area contributed by atoms with E-state index in [1.165, 1.54) is 50.4 Å². The first kappa shape index (κ1) is 41.3. The number of nitrogens with zero attached hydrogens (tertiary/aromatic N) is 5. The summed E-state index contributed by atoms with van der Waals surface area (Å²) in [7, 11) is 2.91. The van der Waals surface area contributed by atoms with Gasteiger partial charge >= 0.3 is 17.9 Å². The number of methoxy groups -OCH3 is 2. The summed E-state index contributed by atoms with van der Waals surface area (Å²) >= 11 is 0. The van der Waals surface area contributed by atoms with Crippen LogP contribution in [-0.2, 0) is 35.0 Å². The van der Waals surface area contributed by atoms with E-state index >= 15 is 4.39 Å². The Morgan fingerprint density at radius 2 is 1.68 bits per heavy atom.